The lowest BCUT2D eigenvalue weighted by molar-refractivity contribution is 0.00605. The molecule has 0 aromatic rings. The third kappa shape index (κ3) is 4.85. The molecule has 2 rings (SSSR count). The smallest absolute Gasteiger partial charge is 0.410 e. The minimum Gasteiger partial charge on any atom is -0.444 e. The molecule has 21 heavy (non-hydrogen) atoms. The maximum Gasteiger partial charge on any atom is 0.410 e. The zero-order chi connectivity index (χ0) is 15.5. The van der Waals surface area contributed by atoms with Crippen LogP contribution in [-0.4, -0.2) is 54.4 Å². The van der Waals surface area contributed by atoms with Gasteiger partial charge >= 0.3 is 6.09 Å². The number of carbonyl (C=O) groups excluding carboxylic acids is 1. The number of hydrogen-bond donors (Lipinski definition) is 2. The summed E-state index contributed by atoms with van der Waals surface area (Å²) in [5.74, 6) is 0. The second kappa shape index (κ2) is 6.97. The van der Waals surface area contributed by atoms with Gasteiger partial charge in [0.2, 0.25) is 0 Å². The first-order chi connectivity index (χ1) is 9.87. The Bertz CT molecular complexity index is 348. The lowest BCUT2D eigenvalue weighted by atomic mass is 9.95. The van der Waals surface area contributed by atoms with Gasteiger partial charge in [-0.05, 0) is 66.5 Å². The first-order valence-electron chi connectivity index (χ1n) is 8.33. The number of hydrogen-bond acceptors (Lipinski definition) is 4. The molecule has 2 aliphatic heterocycles. The summed E-state index contributed by atoms with van der Waals surface area (Å²) in [6.45, 7) is 10.9. The number of rotatable bonds is 2. The first-order valence-corrected chi connectivity index (χ1v) is 8.33. The van der Waals surface area contributed by atoms with Gasteiger partial charge in [-0.1, -0.05) is 0 Å². The van der Waals surface area contributed by atoms with Crippen LogP contribution in [0.25, 0.3) is 0 Å². The van der Waals surface area contributed by atoms with Crippen molar-refractivity contribution in [1.29, 1.82) is 0 Å². The Morgan fingerprint density at radius 2 is 1.90 bits per heavy atom. The molecule has 2 aliphatic rings. The van der Waals surface area contributed by atoms with Crippen molar-refractivity contribution in [2.75, 3.05) is 19.6 Å². The predicted molar refractivity (Wildman–Crippen MR) is 84.5 cm³/mol. The maximum absolute atomic E-state index is 12.3. The molecule has 0 spiro atoms. The topological polar surface area (TPSA) is 53.6 Å². The first kappa shape index (κ1) is 16.6. The van der Waals surface area contributed by atoms with Gasteiger partial charge in [0.1, 0.15) is 5.60 Å². The summed E-state index contributed by atoms with van der Waals surface area (Å²) < 4.78 is 5.54. The molecule has 0 aromatic carbocycles. The molecule has 5 heteroatoms. The Labute approximate surface area is 128 Å². The lowest BCUT2D eigenvalue weighted by Gasteiger charge is -2.42. The quantitative estimate of drug-likeness (QED) is 0.820. The van der Waals surface area contributed by atoms with Crippen molar-refractivity contribution in [2.45, 2.75) is 77.1 Å². The molecule has 0 radical (unpaired) electrons. The van der Waals surface area contributed by atoms with Crippen molar-refractivity contribution in [1.82, 2.24) is 15.5 Å². The van der Waals surface area contributed by atoms with Gasteiger partial charge in [-0.15, -0.1) is 0 Å². The van der Waals surface area contributed by atoms with Crippen LogP contribution in [0.3, 0.4) is 0 Å². The summed E-state index contributed by atoms with van der Waals surface area (Å²) in [4.78, 5) is 14.2. The standard InChI is InChI=1S/C16H31N3O2/c1-12-14(18-13-7-9-17-10-8-13)6-5-11-19(12)15(20)21-16(2,3)4/h12-14,17-18H,5-11H2,1-4H3. The van der Waals surface area contributed by atoms with Gasteiger partial charge in [-0.3, -0.25) is 0 Å². The van der Waals surface area contributed by atoms with Gasteiger partial charge in [-0.25, -0.2) is 4.79 Å². The molecule has 2 unspecified atom stereocenters. The van der Waals surface area contributed by atoms with E-state index in [4.69, 9.17) is 4.74 Å². The summed E-state index contributed by atoms with van der Waals surface area (Å²) in [5.41, 5.74) is -0.424. The molecule has 2 fully saturated rings. The number of nitrogens with one attached hydrogen (secondary N) is 2. The molecular formula is C16H31N3O2. The van der Waals surface area contributed by atoms with Crippen LogP contribution in [0.15, 0.2) is 0 Å². The van der Waals surface area contributed by atoms with E-state index < -0.39 is 5.60 Å². The summed E-state index contributed by atoms with van der Waals surface area (Å²) in [5, 5.41) is 7.16. The normalized spacial score (nSPS) is 28.5. The fourth-order valence-electron chi connectivity index (χ4n) is 3.24. The van der Waals surface area contributed by atoms with Gasteiger partial charge < -0.3 is 20.3 Å². The molecule has 5 nitrogen and oxygen atoms in total. The second-order valence-electron chi connectivity index (χ2n) is 7.35. The predicted octanol–water partition coefficient (Wildman–Crippen LogP) is 2.12. The average Bonchev–Trinajstić information content (AvgIpc) is 2.40. The van der Waals surface area contributed by atoms with Crippen molar-refractivity contribution in [3.63, 3.8) is 0 Å². The molecule has 0 bridgehead atoms. The van der Waals surface area contributed by atoms with Crippen LogP contribution in [0, 0.1) is 0 Å². The van der Waals surface area contributed by atoms with E-state index in [1.165, 1.54) is 12.8 Å². The molecule has 0 aliphatic carbocycles. The van der Waals surface area contributed by atoms with Crippen molar-refractivity contribution in [3.05, 3.63) is 0 Å². The monoisotopic (exact) mass is 297 g/mol. The van der Waals surface area contributed by atoms with Crippen molar-refractivity contribution >= 4 is 6.09 Å². The Morgan fingerprint density at radius 1 is 1.24 bits per heavy atom. The number of ether oxygens (including phenoxy) is 1. The van der Waals surface area contributed by atoms with E-state index in [9.17, 15) is 4.79 Å². The summed E-state index contributed by atoms with van der Waals surface area (Å²) in [6.07, 6.45) is 4.37. The van der Waals surface area contributed by atoms with Crippen LogP contribution in [-0.2, 0) is 4.74 Å². The number of piperidine rings is 2. The Hall–Kier alpha value is -0.810. The summed E-state index contributed by atoms with van der Waals surface area (Å²) >= 11 is 0. The van der Waals surface area contributed by atoms with E-state index >= 15 is 0 Å². The number of carbonyl (C=O) groups is 1. The van der Waals surface area contributed by atoms with Crippen LogP contribution < -0.4 is 10.6 Å². The van der Waals surface area contributed by atoms with E-state index in [1.54, 1.807) is 0 Å². The van der Waals surface area contributed by atoms with Crippen LogP contribution in [0.2, 0.25) is 0 Å². The van der Waals surface area contributed by atoms with Crippen LogP contribution in [0.1, 0.15) is 53.4 Å². The Morgan fingerprint density at radius 3 is 2.52 bits per heavy atom. The number of amides is 1. The zero-order valence-electron chi connectivity index (χ0n) is 13.9. The summed E-state index contributed by atoms with van der Waals surface area (Å²) in [6, 6.07) is 1.16. The van der Waals surface area contributed by atoms with E-state index in [1.807, 2.05) is 25.7 Å². The zero-order valence-corrected chi connectivity index (χ0v) is 13.9. The molecule has 122 valence electrons. The Balaban J connectivity index is 1.90. The second-order valence-corrected chi connectivity index (χ2v) is 7.35. The van der Waals surface area contributed by atoms with Crippen molar-refractivity contribution in [2.24, 2.45) is 0 Å². The van der Waals surface area contributed by atoms with Gasteiger partial charge in [0, 0.05) is 24.7 Å². The highest BCUT2D eigenvalue weighted by Gasteiger charge is 2.34. The maximum atomic E-state index is 12.3. The van der Waals surface area contributed by atoms with Crippen LogP contribution >= 0.6 is 0 Å². The SMILES string of the molecule is CC1C(NC2CCNCC2)CCCN1C(=O)OC(C)(C)C. The lowest BCUT2D eigenvalue weighted by Crippen LogP contribution is -2.58. The highest BCUT2D eigenvalue weighted by Crippen LogP contribution is 2.22. The highest BCUT2D eigenvalue weighted by molar-refractivity contribution is 5.68. The molecule has 0 aromatic heterocycles. The van der Waals surface area contributed by atoms with Crippen LogP contribution in [0.5, 0.6) is 0 Å². The van der Waals surface area contributed by atoms with E-state index in [0.717, 1.165) is 32.5 Å². The Kier molecular flexibility index (Phi) is 5.49. The molecule has 2 saturated heterocycles. The minimum absolute atomic E-state index is 0.174. The number of nitrogens with zero attached hydrogens (tertiary/aromatic N) is 1. The van der Waals surface area contributed by atoms with Crippen LogP contribution in [0.4, 0.5) is 4.79 Å². The van der Waals surface area contributed by atoms with E-state index in [0.29, 0.717) is 12.1 Å². The molecular weight excluding hydrogens is 266 g/mol. The van der Waals surface area contributed by atoms with Crippen molar-refractivity contribution in [3.8, 4) is 0 Å². The fraction of sp³-hybridized carbons (Fsp3) is 0.938. The van der Waals surface area contributed by atoms with Crippen molar-refractivity contribution < 1.29 is 9.53 Å². The molecule has 2 heterocycles. The van der Waals surface area contributed by atoms with Gasteiger partial charge in [0.25, 0.3) is 0 Å². The molecule has 2 atom stereocenters. The van der Waals surface area contributed by atoms with E-state index in [-0.39, 0.29) is 12.1 Å². The third-order valence-electron chi connectivity index (χ3n) is 4.41. The largest absolute Gasteiger partial charge is 0.444 e. The highest BCUT2D eigenvalue weighted by atomic mass is 16.6. The molecule has 0 saturated carbocycles. The third-order valence-corrected chi connectivity index (χ3v) is 4.41. The average molecular weight is 297 g/mol. The molecule has 2 N–H and O–H groups in total. The van der Waals surface area contributed by atoms with Gasteiger partial charge in [-0.2, -0.15) is 0 Å². The molecule has 1 amide bonds. The van der Waals surface area contributed by atoms with Gasteiger partial charge in [0.05, 0.1) is 0 Å². The number of likely N-dealkylation sites (tertiary alicyclic amines) is 1. The summed E-state index contributed by atoms with van der Waals surface area (Å²) in [7, 11) is 0. The minimum atomic E-state index is -0.424. The van der Waals surface area contributed by atoms with Gasteiger partial charge in [0.15, 0.2) is 0 Å². The van der Waals surface area contributed by atoms with E-state index in [2.05, 4.69) is 17.6 Å². The fourth-order valence-corrected chi connectivity index (χ4v) is 3.24.